The van der Waals surface area contributed by atoms with E-state index in [0.717, 1.165) is 24.0 Å². The predicted molar refractivity (Wildman–Crippen MR) is 109 cm³/mol. The van der Waals surface area contributed by atoms with Crippen molar-refractivity contribution in [3.63, 3.8) is 0 Å². The molecule has 122 valence electrons. The molecule has 0 spiro atoms. The van der Waals surface area contributed by atoms with Crippen LogP contribution in [-0.2, 0) is 0 Å². The Morgan fingerprint density at radius 1 is 0.500 bits per heavy atom. The van der Waals surface area contributed by atoms with Gasteiger partial charge in [-0.1, -0.05) is 84.4 Å². The fraction of sp³-hybridized carbons (Fsp3) is 0.0769. The van der Waals surface area contributed by atoms with Crippen molar-refractivity contribution >= 4 is 0 Å². The van der Waals surface area contributed by atoms with Crippen molar-refractivity contribution in [1.29, 1.82) is 0 Å². The van der Waals surface area contributed by atoms with Gasteiger partial charge in [-0.3, -0.25) is 0 Å². The molecule has 0 unspecified atom stereocenters. The van der Waals surface area contributed by atoms with Gasteiger partial charge in [-0.2, -0.15) is 0 Å². The summed E-state index contributed by atoms with van der Waals surface area (Å²) < 4.78 is 0. The van der Waals surface area contributed by atoms with Gasteiger partial charge in [-0.25, -0.2) is 0 Å². The van der Waals surface area contributed by atoms with E-state index in [-0.39, 0.29) is 0 Å². The second-order valence-corrected chi connectivity index (χ2v) is 6.30. The van der Waals surface area contributed by atoms with Gasteiger partial charge in [-0.15, -0.1) is 0 Å². The van der Waals surface area contributed by atoms with Crippen LogP contribution >= 0.6 is 0 Å². The normalized spacial score (nSPS) is 14.2. The highest BCUT2D eigenvalue weighted by Crippen LogP contribution is 2.20. The van der Waals surface area contributed by atoms with E-state index in [1.54, 1.807) is 0 Å². The summed E-state index contributed by atoms with van der Waals surface area (Å²) in [5.74, 6) is 12.9. The van der Waals surface area contributed by atoms with E-state index in [1.807, 2.05) is 0 Å². The molecule has 0 bridgehead atoms. The molecule has 2 aliphatic rings. The third-order valence-corrected chi connectivity index (χ3v) is 4.38. The van der Waals surface area contributed by atoms with E-state index >= 15 is 0 Å². The zero-order valence-corrected chi connectivity index (χ0v) is 14.5. The number of benzene rings is 2. The molecule has 0 atom stereocenters. The molecule has 0 saturated heterocycles. The highest BCUT2D eigenvalue weighted by atomic mass is 14.0. The molecule has 2 aliphatic carbocycles. The van der Waals surface area contributed by atoms with Crippen LogP contribution in [0.15, 0.2) is 96.1 Å². The Hall–Kier alpha value is -3.48. The summed E-state index contributed by atoms with van der Waals surface area (Å²) in [4.78, 5) is 0. The third-order valence-electron chi connectivity index (χ3n) is 4.38. The molecular formula is C26H18. The Labute approximate surface area is 155 Å². The molecular weight excluding hydrogens is 312 g/mol. The second kappa shape index (κ2) is 7.60. The SMILES string of the molecule is C(#Cc1ccc(-c2ccc(C#CC3=CC=CC3)cc2)cc1)C1=CC=CC1. The standard InChI is InChI=1S/C26H18/c1-2-6-21(5-1)9-11-23-13-17-25(18-14-23)26-19-15-24(16-20-26)12-10-22-7-3-4-8-22/h1-5,7,13-20H,6,8H2. The van der Waals surface area contributed by atoms with Gasteiger partial charge in [-0.05, 0) is 48.2 Å². The van der Waals surface area contributed by atoms with E-state index in [0.29, 0.717) is 0 Å². The second-order valence-electron chi connectivity index (χ2n) is 6.30. The fourth-order valence-corrected chi connectivity index (χ4v) is 2.88. The molecule has 0 fully saturated rings. The van der Waals surface area contributed by atoms with Crippen LogP contribution in [0.1, 0.15) is 24.0 Å². The maximum Gasteiger partial charge on any atom is 0.0249 e. The minimum atomic E-state index is 0.953. The first-order chi connectivity index (χ1) is 12.9. The highest BCUT2D eigenvalue weighted by molar-refractivity contribution is 5.65. The summed E-state index contributed by atoms with van der Waals surface area (Å²) in [6.45, 7) is 0. The first kappa shape index (κ1) is 16.0. The molecule has 0 heteroatoms. The Morgan fingerprint density at radius 3 is 1.27 bits per heavy atom. The molecule has 2 aromatic rings. The lowest BCUT2D eigenvalue weighted by atomic mass is 10.0. The van der Waals surface area contributed by atoms with Crippen LogP contribution in [-0.4, -0.2) is 0 Å². The van der Waals surface area contributed by atoms with Crippen LogP contribution in [0.4, 0.5) is 0 Å². The monoisotopic (exact) mass is 330 g/mol. The third kappa shape index (κ3) is 3.94. The lowest BCUT2D eigenvalue weighted by Crippen LogP contribution is -1.81. The van der Waals surface area contributed by atoms with Crippen molar-refractivity contribution in [2.24, 2.45) is 0 Å². The van der Waals surface area contributed by atoms with Gasteiger partial charge < -0.3 is 0 Å². The van der Waals surface area contributed by atoms with Gasteiger partial charge in [0.05, 0.1) is 0 Å². The average molecular weight is 330 g/mol. The zero-order valence-electron chi connectivity index (χ0n) is 14.5. The summed E-state index contributed by atoms with van der Waals surface area (Å²) in [6.07, 6.45) is 14.4. The Balaban J connectivity index is 1.45. The number of rotatable bonds is 1. The van der Waals surface area contributed by atoms with Gasteiger partial charge >= 0.3 is 0 Å². The van der Waals surface area contributed by atoms with Crippen LogP contribution in [0.2, 0.25) is 0 Å². The van der Waals surface area contributed by atoms with Crippen molar-refractivity contribution in [2.75, 3.05) is 0 Å². The van der Waals surface area contributed by atoms with Crippen LogP contribution < -0.4 is 0 Å². The van der Waals surface area contributed by atoms with E-state index < -0.39 is 0 Å². The van der Waals surface area contributed by atoms with Crippen LogP contribution in [0, 0.1) is 23.7 Å². The minimum absolute atomic E-state index is 0.953. The van der Waals surface area contributed by atoms with Crippen LogP contribution in [0.3, 0.4) is 0 Å². The molecule has 4 rings (SSSR count). The van der Waals surface area contributed by atoms with Crippen molar-refractivity contribution in [2.45, 2.75) is 12.8 Å². The topological polar surface area (TPSA) is 0 Å². The van der Waals surface area contributed by atoms with E-state index in [4.69, 9.17) is 0 Å². The summed E-state index contributed by atoms with van der Waals surface area (Å²) in [5.41, 5.74) is 6.83. The molecule has 0 aliphatic heterocycles. The molecule has 0 N–H and O–H groups in total. The predicted octanol–water partition coefficient (Wildman–Crippen LogP) is 5.83. The lowest BCUT2D eigenvalue weighted by molar-refractivity contribution is 1.36. The summed E-state index contributed by atoms with van der Waals surface area (Å²) >= 11 is 0. The fourth-order valence-electron chi connectivity index (χ4n) is 2.88. The summed E-state index contributed by atoms with van der Waals surface area (Å²) in [6, 6.07) is 16.8. The Bertz CT molecular complexity index is 956. The van der Waals surface area contributed by atoms with Gasteiger partial charge in [0, 0.05) is 22.3 Å². The molecule has 0 amide bonds. The lowest BCUT2D eigenvalue weighted by Gasteiger charge is -2.02. The van der Waals surface area contributed by atoms with Gasteiger partial charge in [0.2, 0.25) is 0 Å². The highest BCUT2D eigenvalue weighted by Gasteiger charge is 1.99. The summed E-state index contributed by atoms with van der Waals surface area (Å²) in [7, 11) is 0. The largest absolute Gasteiger partial charge is 0.0794 e. The van der Waals surface area contributed by atoms with E-state index in [1.165, 1.54) is 22.3 Å². The Kier molecular flexibility index (Phi) is 4.68. The van der Waals surface area contributed by atoms with Crippen molar-refractivity contribution in [1.82, 2.24) is 0 Å². The number of hydrogen-bond acceptors (Lipinski definition) is 0. The quantitative estimate of drug-likeness (QED) is 0.577. The molecule has 0 radical (unpaired) electrons. The molecule has 0 heterocycles. The number of hydrogen-bond donors (Lipinski definition) is 0. The maximum absolute atomic E-state index is 3.23. The first-order valence-electron chi connectivity index (χ1n) is 8.83. The van der Waals surface area contributed by atoms with Gasteiger partial charge in [0.25, 0.3) is 0 Å². The van der Waals surface area contributed by atoms with Crippen molar-refractivity contribution < 1.29 is 0 Å². The van der Waals surface area contributed by atoms with E-state index in [9.17, 15) is 0 Å². The minimum Gasteiger partial charge on any atom is -0.0794 e. The Morgan fingerprint density at radius 2 is 0.923 bits per heavy atom. The maximum atomic E-state index is 3.23. The van der Waals surface area contributed by atoms with Crippen molar-refractivity contribution in [3.8, 4) is 34.8 Å². The first-order valence-corrected chi connectivity index (χ1v) is 8.83. The molecule has 0 aromatic heterocycles. The molecule has 0 nitrogen and oxygen atoms in total. The van der Waals surface area contributed by atoms with Crippen LogP contribution in [0.5, 0.6) is 0 Å². The average Bonchev–Trinajstić information content (AvgIpc) is 3.40. The molecule has 2 aromatic carbocycles. The van der Waals surface area contributed by atoms with Gasteiger partial charge in [0.15, 0.2) is 0 Å². The van der Waals surface area contributed by atoms with E-state index in [2.05, 4.69) is 109 Å². The number of allylic oxidation sites excluding steroid dienone is 8. The zero-order chi connectivity index (χ0) is 17.6. The molecule has 0 saturated carbocycles. The summed E-state index contributed by atoms with van der Waals surface area (Å²) in [5, 5.41) is 0. The van der Waals surface area contributed by atoms with Gasteiger partial charge in [0.1, 0.15) is 0 Å². The molecule has 26 heavy (non-hydrogen) atoms. The smallest absolute Gasteiger partial charge is 0.0249 e. The van der Waals surface area contributed by atoms with Crippen LogP contribution in [0.25, 0.3) is 11.1 Å². The van der Waals surface area contributed by atoms with Crippen molar-refractivity contribution in [3.05, 3.63) is 107 Å².